The maximum Gasteiger partial charge on any atom is 0.224 e. The van der Waals surface area contributed by atoms with E-state index in [4.69, 9.17) is 4.74 Å². The van der Waals surface area contributed by atoms with Crippen LogP contribution in [0.2, 0.25) is 0 Å². The second kappa shape index (κ2) is 8.99. The molecule has 0 aromatic heterocycles. The van der Waals surface area contributed by atoms with Gasteiger partial charge in [0.05, 0.1) is 18.3 Å². The third-order valence-electron chi connectivity index (χ3n) is 4.75. The van der Waals surface area contributed by atoms with Crippen molar-refractivity contribution < 1.29 is 17.9 Å². The Balaban J connectivity index is 1.60. The van der Waals surface area contributed by atoms with Crippen molar-refractivity contribution in [3.8, 4) is 0 Å². The van der Waals surface area contributed by atoms with E-state index < -0.39 is 10.0 Å². The van der Waals surface area contributed by atoms with E-state index in [0.29, 0.717) is 32.3 Å². The van der Waals surface area contributed by atoms with Crippen LogP contribution >= 0.6 is 0 Å². The second-order valence-electron chi connectivity index (χ2n) is 6.74. The van der Waals surface area contributed by atoms with E-state index in [1.165, 1.54) is 29.8 Å². The average molecular weight is 346 g/mol. The molecule has 1 amide bonds. The fourth-order valence-corrected chi connectivity index (χ4v) is 4.28. The predicted octanol–water partition coefficient (Wildman–Crippen LogP) is 1.51. The number of carbonyl (C=O) groups is 1. The lowest BCUT2D eigenvalue weighted by Crippen LogP contribution is -2.45. The molecule has 0 aromatic rings. The molecule has 1 saturated heterocycles. The summed E-state index contributed by atoms with van der Waals surface area (Å²) in [6.45, 7) is 2.12. The second-order valence-corrected chi connectivity index (χ2v) is 8.72. The van der Waals surface area contributed by atoms with Gasteiger partial charge in [-0.05, 0) is 32.1 Å². The minimum atomic E-state index is -3.20. The zero-order valence-corrected chi connectivity index (χ0v) is 14.9. The number of hydrogen-bond acceptors (Lipinski definition) is 4. The highest BCUT2D eigenvalue weighted by Gasteiger charge is 2.29. The van der Waals surface area contributed by atoms with E-state index in [1.54, 1.807) is 0 Å². The van der Waals surface area contributed by atoms with E-state index >= 15 is 0 Å². The normalized spacial score (nSPS) is 24.5. The van der Waals surface area contributed by atoms with Gasteiger partial charge in [0.25, 0.3) is 0 Å². The molecule has 1 aliphatic carbocycles. The fraction of sp³-hybridized carbons (Fsp3) is 0.938. The van der Waals surface area contributed by atoms with Crippen molar-refractivity contribution in [2.24, 2.45) is 5.92 Å². The van der Waals surface area contributed by atoms with E-state index in [0.717, 1.165) is 32.1 Å². The third kappa shape index (κ3) is 6.39. The number of piperidine rings is 1. The summed E-state index contributed by atoms with van der Waals surface area (Å²) in [5.74, 6) is -0.256. The van der Waals surface area contributed by atoms with Gasteiger partial charge in [0.15, 0.2) is 0 Å². The van der Waals surface area contributed by atoms with Gasteiger partial charge in [0.1, 0.15) is 0 Å². The molecule has 2 aliphatic rings. The molecule has 23 heavy (non-hydrogen) atoms. The molecule has 0 spiro atoms. The molecule has 1 saturated carbocycles. The number of nitrogens with one attached hydrogen (secondary N) is 1. The van der Waals surface area contributed by atoms with Crippen LogP contribution in [-0.4, -0.2) is 57.2 Å². The minimum Gasteiger partial charge on any atom is -0.378 e. The zero-order valence-electron chi connectivity index (χ0n) is 14.1. The summed E-state index contributed by atoms with van der Waals surface area (Å²) in [5.41, 5.74) is 0. The Labute approximate surface area is 140 Å². The van der Waals surface area contributed by atoms with Crippen LogP contribution in [0.1, 0.15) is 51.4 Å². The molecule has 2 rings (SSSR count). The Morgan fingerprint density at radius 2 is 1.91 bits per heavy atom. The van der Waals surface area contributed by atoms with Gasteiger partial charge in [-0.1, -0.05) is 19.3 Å². The summed E-state index contributed by atoms with van der Waals surface area (Å²) in [5, 5.41) is 2.92. The molecule has 6 nitrogen and oxygen atoms in total. The Morgan fingerprint density at radius 1 is 1.17 bits per heavy atom. The summed E-state index contributed by atoms with van der Waals surface area (Å²) in [6.07, 6.45) is 10.1. The van der Waals surface area contributed by atoms with Gasteiger partial charge in [-0.15, -0.1) is 0 Å². The highest BCUT2D eigenvalue weighted by molar-refractivity contribution is 7.88. The SMILES string of the molecule is CS(=O)(=O)N1CCC[C@@H](C(=O)NCCCOC2CCCCC2)C1. The monoisotopic (exact) mass is 346 g/mol. The summed E-state index contributed by atoms with van der Waals surface area (Å²) in [6, 6.07) is 0. The number of carbonyl (C=O) groups excluding carboxylic acids is 1. The molecule has 134 valence electrons. The standard InChI is InChI=1S/C16H30N2O4S/c1-23(20,21)18-11-5-7-14(13-18)16(19)17-10-6-12-22-15-8-3-2-4-9-15/h14-15H,2-13H2,1H3,(H,17,19)/t14-/m1/s1. The van der Waals surface area contributed by atoms with Crippen LogP contribution in [0.3, 0.4) is 0 Å². The lowest BCUT2D eigenvalue weighted by atomic mass is 9.98. The van der Waals surface area contributed by atoms with Crippen LogP contribution in [0, 0.1) is 5.92 Å². The smallest absolute Gasteiger partial charge is 0.224 e. The van der Waals surface area contributed by atoms with E-state index in [-0.39, 0.29) is 11.8 Å². The van der Waals surface area contributed by atoms with E-state index in [1.807, 2.05) is 0 Å². The summed E-state index contributed by atoms with van der Waals surface area (Å²) < 4.78 is 30.4. The van der Waals surface area contributed by atoms with E-state index in [2.05, 4.69) is 5.32 Å². The lowest BCUT2D eigenvalue weighted by molar-refractivity contribution is -0.126. The van der Waals surface area contributed by atoms with Gasteiger partial charge < -0.3 is 10.1 Å². The van der Waals surface area contributed by atoms with Crippen molar-refractivity contribution in [2.45, 2.75) is 57.5 Å². The van der Waals surface area contributed by atoms with Crippen molar-refractivity contribution in [3.05, 3.63) is 0 Å². The van der Waals surface area contributed by atoms with Crippen molar-refractivity contribution >= 4 is 15.9 Å². The Morgan fingerprint density at radius 3 is 2.61 bits per heavy atom. The molecule has 1 heterocycles. The van der Waals surface area contributed by atoms with Crippen LogP contribution in [0.15, 0.2) is 0 Å². The Bertz CT molecular complexity index is 474. The lowest BCUT2D eigenvalue weighted by Gasteiger charge is -2.30. The van der Waals surface area contributed by atoms with Gasteiger partial charge in [0.2, 0.25) is 15.9 Å². The van der Waals surface area contributed by atoms with Crippen LogP contribution < -0.4 is 5.32 Å². The molecule has 2 fully saturated rings. The first-order valence-electron chi connectivity index (χ1n) is 8.81. The summed E-state index contributed by atoms with van der Waals surface area (Å²) in [4.78, 5) is 12.2. The van der Waals surface area contributed by atoms with Crippen molar-refractivity contribution in [1.82, 2.24) is 9.62 Å². The number of amides is 1. The van der Waals surface area contributed by atoms with Gasteiger partial charge in [-0.2, -0.15) is 0 Å². The summed E-state index contributed by atoms with van der Waals surface area (Å²) in [7, 11) is -3.20. The Kier molecular flexibility index (Phi) is 7.30. The molecular formula is C16H30N2O4S. The molecule has 0 unspecified atom stereocenters. The molecule has 0 radical (unpaired) electrons. The molecular weight excluding hydrogens is 316 g/mol. The molecule has 0 aromatic carbocycles. The molecule has 1 N–H and O–H groups in total. The molecule has 0 bridgehead atoms. The van der Waals surface area contributed by atoms with Crippen LogP contribution in [0.25, 0.3) is 0 Å². The van der Waals surface area contributed by atoms with Gasteiger partial charge in [-0.3, -0.25) is 4.79 Å². The number of sulfonamides is 1. The quantitative estimate of drug-likeness (QED) is 0.709. The van der Waals surface area contributed by atoms with Crippen LogP contribution in [-0.2, 0) is 19.6 Å². The zero-order chi connectivity index (χ0) is 16.7. The minimum absolute atomic E-state index is 0.0315. The van der Waals surface area contributed by atoms with Crippen molar-refractivity contribution in [2.75, 3.05) is 32.5 Å². The number of nitrogens with zero attached hydrogens (tertiary/aromatic N) is 1. The molecule has 7 heteroatoms. The first kappa shape index (κ1) is 18.7. The Hall–Kier alpha value is -0.660. The highest BCUT2D eigenvalue weighted by atomic mass is 32.2. The maximum absolute atomic E-state index is 12.2. The number of ether oxygens (including phenoxy) is 1. The van der Waals surface area contributed by atoms with Crippen LogP contribution in [0.5, 0.6) is 0 Å². The molecule has 1 atom stereocenters. The molecule has 1 aliphatic heterocycles. The van der Waals surface area contributed by atoms with Gasteiger partial charge in [-0.25, -0.2) is 12.7 Å². The predicted molar refractivity (Wildman–Crippen MR) is 89.6 cm³/mol. The number of hydrogen-bond donors (Lipinski definition) is 1. The van der Waals surface area contributed by atoms with Gasteiger partial charge >= 0.3 is 0 Å². The van der Waals surface area contributed by atoms with Crippen molar-refractivity contribution in [1.29, 1.82) is 0 Å². The maximum atomic E-state index is 12.2. The largest absolute Gasteiger partial charge is 0.378 e. The highest BCUT2D eigenvalue weighted by Crippen LogP contribution is 2.20. The van der Waals surface area contributed by atoms with Crippen molar-refractivity contribution in [3.63, 3.8) is 0 Å². The number of rotatable bonds is 7. The fourth-order valence-electron chi connectivity index (χ4n) is 3.37. The van der Waals surface area contributed by atoms with Crippen LogP contribution in [0.4, 0.5) is 0 Å². The van der Waals surface area contributed by atoms with E-state index in [9.17, 15) is 13.2 Å². The average Bonchev–Trinajstić information content (AvgIpc) is 2.54. The van der Waals surface area contributed by atoms with Gasteiger partial charge in [0, 0.05) is 26.2 Å². The first-order valence-corrected chi connectivity index (χ1v) is 10.7. The topological polar surface area (TPSA) is 75.7 Å². The third-order valence-corrected chi connectivity index (χ3v) is 6.02. The first-order chi connectivity index (χ1) is 11.0. The summed E-state index contributed by atoms with van der Waals surface area (Å²) >= 11 is 0.